The summed E-state index contributed by atoms with van der Waals surface area (Å²) in [6.45, 7) is 0. The first-order chi connectivity index (χ1) is 7.65. The third kappa shape index (κ3) is 1.61. The van der Waals surface area contributed by atoms with Crippen LogP contribution in [0.3, 0.4) is 0 Å². The first-order valence-electron chi connectivity index (χ1n) is 4.46. The van der Waals surface area contributed by atoms with Crippen LogP contribution >= 0.6 is 11.6 Å². The zero-order valence-corrected chi connectivity index (χ0v) is 9.08. The van der Waals surface area contributed by atoms with E-state index in [1.807, 2.05) is 0 Å². The molecule has 2 rings (SSSR count). The van der Waals surface area contributed by atoms with Crippen molar-refractivity contribution < 1.29 is 13.9 Å². The van der Waals surface area contributed by atoms with Gasteiger partial charge in [-0.05, 0) is 6.07 Å². The summed E-state index contributed by atoms with van der Waals surface area (Å²) in [5.74, 6) is -1.08. The van der Waals surface area contributed by atoms with Crippen LogP contribution < -0.4 is 0 Å². The van der Waals surface area contributed by atoms with Crippen molar-refractivity contribution in [3.63, 3.8) is 0 Å². The van der Waals surface area contributed by atoms with Gasteiger partial charge in [-0.15, -0.1) is 0 Å². The molecule has 82 valence electrons. The second-order valence-electron chi connectivity index (χ2n) is 3.12. The van der Waals surface area contributed by atoms with E-state index < -0.39 is 11.8 Å². The number of benzene rings is 1. The molecule has 0 radical (unpaired) electrons. The second-order valence-corrected chi connectivity index (χ2v) is 3.47. The third-order valence-corrected chi connectivity index (χ3v) is 2.51. The second kappa shape index (κ2) is 4.06. The Morgan fingerprint density at radius 1 is 1.44 bits per heavy atom. The highest BCUT2D eigenvalue weighted by Gasteiger charge is 2.17. The molecule has 0 aliphatic rings. The Morgan fingerprint density at radius 2 is 2.19 bits per heavy atom. The molecule has 2 aromatic rings. The zero-order valence-electron chi connectivity index (χ0n) is 8.33. The number of nitrogens with zero attached hydrogens (tertiary/aromatic N) is 1. The molecule has 0 amide bonds. The van der Waals surface area contributed by atoms with Gasteiger partial charge < -0.3 is 4.74 Å². The molecule has 0 bridgehead atoms. The fourth-order valence-corrected chi connectivity index (χ4v) is 1.71. The Bertz CT molecular complexity index is 571. The van der Waals surface area contributed by atoms with Crippen LogP contribution in [0.25, 0.3) is 10.8 Å². The van der Waals surface area contributed by atoms with Gasteiger partial charge in [-0.1, -0.05) is 23.7 Å². The van der Waals surface area contributed by atoms with E-state index in [1.54, 1.807) is 6.07 Å². The number of hydrogen-bond acceptors (Lipinski definition) is 3. The van der Waals surface area contributed by atoms with Gasteiger partial charge in [0.05, 0.1) is 7.11 Å². The van der Waals surface area contributed by atoms with Crippen LogP contribution in [0, 0.1) is 5.82 Å². The molecule has 0 spiro atoms. The zero-order chi connectivity index (χ0) is 11.7. The summed E-state index contributed by atoms with van der Waals surface area (Å²) in [4.78, 5) is 15.3. The normalized spacial score (nSPS) is 10.4. The Hall–Kier alpha value is -1.68. The highest BCUT2D eigenvalue weighted by molar-refractivity contribution is 6.34. The Labute approximate surface area is 95.8 Å². The molecule has 1 aromatic carbocycles. The molecule has 0 aliphatic heterocycles. The summed E-state index contributed by atoms with van der Waals surface area (Å²) in [7, 11) is 1.23. The van der Waals surface area contributed by atoms with Gasteiger partial charge in [-0.2, -0.15) is 0 Å². The number of rotatable bonds is 1. The van der Waals surface area contributed by atoms with Crippen LogP contribution in [-0.2, 0) is 4.74 Å². The van der Waals surface area contributed by atoms with Gasteiger partial charge in [0.25, 0.3) is 0 Å². The van der Waals surface area contributed by atoms with E-state index in [4.69, 9.17) is 11.6 Å². The lowest BCUT2D eigenvalue weighted by Crippen LogP contribution is -2.04. The van der Waals surface area contributed by atoms with Crippen LogP contribution in [0.5, 0.6) is 0 Å². The third-order valence-electron chi connectivity index (χ3n) is 2.23. The van der Waals surface area contributed by atoms with Crippen LogP contribution in [-0.4, -0.2) is 18.1 Å². The first kappa shape index (κ1) is 10.8. The summed E-state index contributed by atoms with van der Waals surface area (Å²) in [6, 6.07) is 4.39. The minimum Gasteiger partial charge on any atom is -0.465 e. The van der Waals surface area contributed by atoms with Gasteiger partial charge >= 0.3 is 5.97 Å². The smallest absolute Gasteiger partial charge is 0.341 e. The summed E-state index contributed by atoms with van der Waals surface area (Å²) in [6.07, 6.45) is 1.29. The molecule has 3 nitrogen and oxygen atoms in total. The van der Waals surface area contributed by atoms with Gasteiger partial charge in [0.1, 0.15) is 16.5 Å². The topological polar surface area (TPSA) is 39.2 Å². The SMILES string of the molecule is COC(=O)c1c(Cl)ncc2c(F)cccc12. The minimum atomic E-state index is -0.631. The van der Waals surface area contributed by atoms with E-state index in [0.717, 1.165) is 0 Å². The summed E-state index contributed by atoms with van der Waals surface area (Å²) in [5.41, 5.74) is 0.0844. The molecule has 0 fully saturated rings. The maximum atomic E-state index is 13.4. The molecule has 0 unspecified atom stereocenters. The van der Waals surface area contributed by atoms with Crippen LogP contribution in [0.15, 0.2) is 24.4 Å². The fraction of sp³-hybridized carbons (Fsp3) is 0.0909. The monoisotopic (exact) mass is 239 g/mol. The van der Waals surface area contributed by atoms with Gasteiger partial charge in [0.15, 0.2) is 0 Å². The maximum Gasteiger partial charge on any atom is 0.341 e. The van der Waals surface area contributed by atoms with Gasteiger partial charge in [-0.25, -0.2) is 14.2 Å². The standard InChI is InChI=1S/C11H7ClFNO2/c1-16-11(15)9-6-3-2-4-8(13)7(6)5-14-10(9)12/h2-5H,1H3. The van der Waals surface area contributed by atoms with Crippen molar-refractivity contribution >= 4 is 28.3 Å². The highest BCUT2D eigenvalue weighted by Crippen LogP contribution is 2.26. The number of halogens is 2. The van der Waals surface area contributed by atoms with E-state index in [2.05, 4.69) is 9.72 Å². The van der Waals surface area contributed by atoms with Crippen LogP contribution in [0.1, 0.15) is 10.4 Å². The molecule has 16 heavy (non-hydrogen) atoms. The number of aromatic nitrogens is 1. The molecule has 1 aromatic heterocycles. The molecular formula is C11H7ClFNO2. The lowest BCUT2D eigenvalue weighted by molar-refractivity contribution is 0.0603. The van der Waals surface area contributed by atoms with Crippen molar-refractivity contribution in [2.45, 2.75) is 0 Å². The maximum absolute atomic E-state index is 13.4. The van der Waals surface area contributed by atoms with Crippen molar-refractivity contribution in [2.75, 3.05) is 7.11 Å². The Kier molecular flexibility index (Phi) is 2.75. The average Bonchev–Trinajstić information content (AvgIpc) is 2.28. The largest absolute Gasteiger partial charge is 0.465 e. The van der Waals surface area contributed by atoms with Gasteiger partial charge in [0.2, 0.25) is 0 Å². The lowest BCUT2D eigenvalue weighted by atomic mass is 10.1. The number of carbonyl (C=O) groups excluding carboxylic acids is 1. The molecule has 0 N–H and O–H groups in total. The minimum absolute atomic E-state index is 0.00458. The van der Waals surface area contributed by atoms with E-state index in [9.17, 15) is 9.18 Å². The van der Waals surface area contributed by atoms with Crippen molar-refractivity contribution in [3.05, 3.63) is 40.9 Å². The number of carbonyl (C=O) groups is 1. The number of esters is 1. The van der Waals surface area contributed by atoms with E-state index in [1.165, 1.54) is 25.4 Å². The molecule has 0 saturated carbocycles. The molecule has 1 heterocycles. The number of pyridine rings is 1. The summed E-state index contributed by atoms with van der Waals surface area (Å²) in [5, 5.41) is 0.643. The lowest BCUT2D eigenvalue weighted by Gasteiger charge is -2.06. The molecule has 0 aliphatic carbocycles. The molecule has 0 atom stereocenters. The summed E-state index contributed by atoms with van der Waals surface area (Å²) < 4.78 is 18.0. The first-order valence-corrected chi connectivity index (χ1v) is 4.84. The number of ether oxygens (including phenoxy) is 1. The predicted octanol–water partition coefficient (Wildman–Crippen LogP) is 2.81. The molecular weight excluding hydrogens is 233 g/mol. The summed E-state index contributed by atoms with van der Waals surface area (Å²) >= 11 is 5.79. The Balaban J connectivity index is 2.85. The predicted molar refractivity (Wildman–Crippen MR) is 58.1 cm³/mol. The van der Waals surface area contributed by atoms with Crippen LogP contribution in [0.4, 0.5) is 4.39 Å². The Morgan fingerprint density at radius 3 is 2.88 bits per heavy atom. The quantitative estimate of drug-likeness (QED) is 0.567. The van der Waals surface area contributed by atoms with Crippen molar-refractivity contribution in [2.24, 2.45) is 0 Å². The number of hydrogen-bond donors (Lipinski definition) is 0. The van der Waals surface area contributed by atoms with Crippen molar-refractivity contribution in [1.82, 2.24) is 4.98 Å². The van der Waals surface area contributed by atoms with E-state index in [0.29, 0.717) is 5.39 Å². The fourth-order valence-electron chi connectivity index (χ4n) is 1.48. The average molecular weight is 240 g/mol. The van der Waals surface area contributed by atoms with Crippen molar-refractivity contribution in [1.29, 1.82) is 0 Å². The van der Waals surface area contributed by atoms with E-state index in [-0.39, 0.29) is 16.1 Å². The van der Waals surface area contributed by atoms with E-state index >= 15 is 0 Å². The van der Waals surface area contributed by atoms with Crippen LogP contribution in [0.2, 0.25) is 5.15 Å². The number of methoxy groups -OCH3 is 1. The van der Waals surface area contributed by atoms with Gasteiger partial charge in [0, 0.05) is 17.0 Å². The van der Waals surface area contributed by atoms with Crippen molar-refractivity contribution in [3.8, 4) is 0 Å². The van der Waals surface area contributed by atoms with Gasteiger partial charge in [-0.3, -0.25) is 0 Å². The highest BCUT2D eigenvalue weighted by atomic mass is 35.5. The molecule has 5 heteroatoms. The molecule has 0 saturated heterocycles. The number of fused-ring (bicyclic) bond motifs is 1.